The summed E-state index contributed by atoms with van der Waals surface area (Å²) in [7, 11) is -4.16. The first-order chi connectivity index (χ1) is 6.45. The van der Waals surface area contributed by atoms with E-state index in [2.05, 4.69) is 5.32 Å². The van der Waals surface area contributed by atoms with Crippen molar-refractivity contribution in [3.63, 3.8) is 0 Å². The van der Waals surface area contributed by atoms with Crippen molar-refractivity contribution in [3.8, 4) is 0 Å². The Morgan fingerprint density at radius 3 is 2.64 bits per heavy atom. The molecule has 6 heteroatoms. The smallest absolute Gasteiger partial charge is 0.294 e. The molecule has 5 nitrogen and oxygen atoms in total. The molecule has 0 bridgehead atoms. The predicted molar refractivity (Wildman–Crippen MR) is 54.8 cm³/mol. The molecule has 0 amide bonds. The molecule has 0 saturated carbocycles. The van der Waals surface area contributed by atoms with Gasteiger partial charge in [0.15, 0.2) is 0 Å². The third-order valence-corrected chi connectivity index (χ3v) is 2.54. The molecule has 78 valence electrons. The third-order valence-electron chi connectivity index (χ3n) is 1.69. The summed E-state index contributed by atoms with van der Waals surface area (Å²) in [5.41, 5.74) is 6.53. The van der Waals surface area contributed by atoms with Crippen molar-refractivity contribution >= 4 is 21.5 Å². The minimum atomic E-state index is -4.16. The zero-order valence-corrected chi connectivity index (χ0v) is 8.50. The van der Waals surface area contributed by atoms with E-state index in [4.69, 9.17) is 10.3 Å². The van der Waals surface area contributed by atoms with Crippen LogP contribution in [-0.4, -0.2) is 19.5 Å². The van der Waals surface area contributed by atoms with Gasteiger partial charge in [0, 0.05) is 6.54 Å². The van der Waals surface area contributed by atoms with E-state index in [1.165, 1.54) is 18.2 Å². The lowest BCUT2D eigenvalue weighted by atomic mass is 10.2. The summed E-state index contributed by atoms with van der Waals surface area (Å²) in [4.78, 5) is -0.164. The average Bonchev–Trinajstić information content (AvgIpc) is 2.07. The van der Waals surface area contributed by atoms with Crippen molar-refractivity contribution in [3.05, 3.63) is 18.2 Å². The Labute approximate surface area is 82.7 Å². The summed E-state index contributed by atoms with van der Waals surface area (Å²) in [6, 6.07) is 3.99. The Morgan fingerprint density at radius 1 is 1.50 bits per heavy atom. The SMILES string of the molecule is CCNc1cc(S(=O)(=O)O)ccc1N. The molecular weight excluding hydrogens is 204 g/mol. The van der Waals surface area contributed by atoms with Gasteiger partial charge >= 0.3 is 0 Å². The van der Waals surface area contributed by atoms with Crippen molar-refractivity contribution in [1.82, 2.24) is 0 Å². The van der Waals surface area contributed by atoms with Crippen LogP contribution in [0, 0.1) is 0 Å². The Kier molecular flexibility index (Phi) is 2.97. The first-order valence-corrected chi connectivity index (χ1v) is 5.50. The van der Waals surface area contributed by atoms with Gasteiger partial charge in [0.25, 0.3) is 10.1 Å². The maximum absolute atomic E-state index is 10.8. The normalized spacial score (nSPS) is 11.3. The summed E-state index contributed by atoms with van der Waals surface area (Å²) in [5, 5.41) is 2.89. The number of nitrogens with two attached hydrogens (primary N) is 1. The minimum absolute atomic E-state index is 0.164. The second-order valence-electron chi connectivity index (χ2n) is 2.75. The molecule has 1 aromatic carbocycles. The van der Waals surface area contributed by atoms with E-state index < -0.39 is 10.1 Å². The van der Waals surface area contributed by atoms with E-state index in [1.807, 2.05) is 6.92 Å². The van der Waals surface area contributed by atoms with Gasteiger partial charge in [-0.3, -0.25) is 4.55 Å². The van der Waals surface area contributed by atoms with Gasteiger partial charge in [0.1, 0.15) is 0 Å². The molecule has 0 spiro atoms. The van der Waals surface area contributed by atoms with Crippen molar-refractivity contribution in [2.24, 2.45) is 0 Å². The number of nitrogen functional groups attached to an aromatic ring is 1. The van der Waals surface area contributed by atoms with Crippen molar-refractivity contribution in [1.29, 1.82) is 0 Å². The highest BCUT2D eigenvalue weighted by molar-refractivity contribution is 7.85. The number of hydrogen-bond donors (Lipinski definition) is 3. The lowest BCUT2D eigenvalue weighted by Gasteiger charge is -2.07. The van der Waals surface area contributed by atoms with E-state index in [0.717, 1.165) is 0 Å². The van der Waals surface area contributed by atoms with Crippen LogP contribution in [0.15, 0.2) is 23.1 Å². The highest BCUT2D eigenvalue weighted by Gasteiger charge is 2.10. The number of hydrogen-bond acceptors (Lipinski definition) is 4. The summed E-state index contributed by atoms with van der Waals surface area (Å²) < 4.78 is 30.4. The molecule has 1 rings (SSSR count). The van der Waals surface area contributed by atoms with E-state index in [1.54, 1.807) is 0 Å². The van der Waals surface area contributed by atoms with Gasteiger partial charge in [-0.05, 0) is 25.1 Å². The lowest BCUT2D eigenvalue weighted by Crippen LogP contribution is -2.04. The maximum atomic E-state index is 10.8. The molecule has 0 aromatic heterocycles. The summed E-state index contributed by atoms with van der Waals surface area (Å²) in [6.07, 6.45) is 0. The Bertz CT molecular complexity index is 428. The number of benzene rings is 1. The van der Waals surface area contributed by atoms with Crippen LogP contribution in [-0.2, 0) is 10.1 Å². The van der Waals surface area contributed by atoms with Crippen LogP contribution in [0.25, 0.3) is 0 Å². The Morgan fingerprint density at radius 2 is 2.14 bits per heavy atom. The van der Waals surface area contributed by atoms with Crippen LogP contribution in [0.3, 0.4) is 0 Å². The maximum Gasteiger partial charge on any atom is 0.294 e. The molecule has 14 heavy (non-hydrogen) atoms. The van der Waals surface area contributed by atoms with Crippen LogP contribution in [0.2, 0.25) is 0 Å². The van der Waals surface area contributed by atoms with Gasteiger partial charge in [-0.15, -0.1) is 0 Å². The van der Waals surface area contributed by atoms with Gasteiger partial charge in [-0.2, -0.15) is 8.42 Å². The molecule has 0 fully saturated rings. The molecule has 0 aliphatic carbocycles. The fraction of sp³-hybridized carbons (Fsp3) is 0.250. The van der Waals surface area contributed by atoms with E-state index in [9.17, 15) is 8.42 Å². The van der Waals surface area contributed by atoms with Crippen LogP contribution < -0.4 is 11.1 Å². The zero-order valence-electron chi connectivity index (χ0n) is 7.69. The molecule has 0 aliphatic rings. The Balaban J connectivity index is 3.20. The Hall–Kier alpha value is -1.27. The van der Waals surface area contributed by atoms with Crippen LogP contribution >= 0.6 is 0 Å². The number of rotatable bonds is 3. The predicted octanol–water partition coefficient (Wildman–Crippen LogP) is 0.947. The largest absolute Gasteiger partial charge is 0.397 e. The van der Waals surface area contributed by atoms with Gasteiger partial charge in [-0.25, -0.2) is 0 Å². The van der Waals surface area contributed by atoms with Crippen LogP contribution in [0.4, 0.5) is 11.4 Å². The van der Waals surface area contributed by atoms with Gasteiger partial charge in [-0.1, -0.05) is 0 Å². The second-order valence-corrected chi connectivity index (χ2v) is 4.18. The second kappa shape index (κ2) is 3.85. The van der Waals surface area contributed by atoms with Gasteiger partial charge < -0.3 is 11.1 Å². The topological polar surface area (TPSA) is 92.4 Å². The van der Waals surface area contributed by atoms with Crippen molar-refractivity contribution in [2.75, 3.05) is 17.6 Å². The summed E-state index contributed by atoms with van der Waals surface area (Å²) >= 11 is 0. The number of nitrogens with one attached hydrogen (secondary N) is 1. The highest BCUT2D eigenvalue weighted by atomic mass is 32.2. The summed E-state index contributed by atoms with van der Waals surface area (Å²) in [5.74, 6) is 0. The fourth-order valence-electron chi connectivity index (χ4n) is 1.04. The highest BCUT2D eigenvalue weighted by Crippen LogP contribution is 2.22. The first kappa shape index (κ1) is 10.8. The molecule has 0 unspecified atom stereocenters. The zero-order chi connectivity index (χ0) is 10.8. The van der Waals surface area contributed by atoms with Crippen LogP contribution in [0.5, 0.6) is 0 Å². The molecule has 0 aliphatic heterocycles. The molecule has 0 saturated heterocycles. The molecule has 0 atom stereocenters. The molecule has 0 radical (unpaired) electrons. The fourth-order valence-corrected chi connectivity index (χ4v) is 1.55. The molecular formula is C8H12N2O3S. The average molecular weight is 216 g/mol. The van der Waals surface area contributed by atoms with Gasteiger partial charge in [0.05, 0.1) is 16.3 Å². The quantitative estimate of drug-likeness (QED) is 0.516. The monoisotopic (exact) mass is 216 g/mol. The van der Waals surface area contributed by atoms with E-state index in [-0.39, 0.29) is 4.90 Å². The first-order valence-electron chi connectivity index (χ1n) is 4.06. The lowest BCUT2D eigenvalue weighted by molar-refractivity contribution is 0.483. The standard InChI is InChI=1S/C8H12N2O3S/c1-2-10-8-5-6(14(11,12)13)3-4-7(8)9/h3-5,10H,2,9H2,1H3,(H,11,12,13). The molecule has 0 heterocycles. The van der Waals surface area contributed by atoms with Crippen molar-refractivity contribution in [2.45, 2.75) is 11.8 Å². The van der Waals surface area contributed by atoms with E-state index in [0.29, 0.717) is 17.9 Å². The minimum Gasteiger partial charge on any atom is -0.397 e. The molecule has 4 N–H and O–H groups in total. The van der Waals surface area contributed by atoms with E-state index >= 15 is 0 Å². The number of anilines is 2. The third kappa shape index (κ3) is 2.36. The van der Waals surface area contributed by atoms with Crippen molar-refractivity contribution < 1.29 is 13.0 Å². The molecule has 1 aromatic rings. The summed E-state index contributed by atoms with van der Waals surface area (Å²) in [6.45, 7) is 2.48. The van der Waals surface area contributed by atoms with Crippen LogP contribution in [0.1, 0.15) is 6.92 Å². The van der Waals surface area contributed by atoms with Gasteiger partial charge in [0.2, 0.25) is 0 Å².